The molecule has 0 aliphatic heterocycles. The Morgan fingerprint density at radius 1 is 1.28 bits per heavy atom. The predicted molar refractivity (Wildman–Crippen MR) is 68.4 cm³/mol. The molecule has 0 bridgehead atoms. The van der Waals surface area contributed by atoms with Crippen molar-refractivity contribution in [3.05, 3.63) is 58.3 Å². The van der Waals surface area contributed by atoms with Crippen LogP contribution >= 0.6 is 0 Å². The Bertz CT molecular complexity index is 625. The Morgan fingerprint density at radius 2 is 2.00 bits per heavy atom. The number of benzene rings is 1. The molecule has 0 saturated carbocycles. The number of rotatable bonds is 4. The van der Waals surface area contributed by atoms with Crippen molar-refractivity contribution < 1.29 is 4.79 Å². The number of aromatic nitrogens is 2. The number of carbonyl (C=O) groups excluding carboxylic acids is 1. The summed E-state index contributed by atoms with van der Waals surface area (Å²) in [6.07, 6.45) is 3.49. The number of nitrogens with two attached hydrogens (primary N) is 1. The topological polar surface area (TPSA) is 70.0 Å². The molecule has 2 rings (SSSR count). The second-order valence-corrected chi connectivity index (χ2v) is 4.06. The van der Waals surface area contributed by atoms with Crippen molar-refractivity contribution >= 4 is 5.91 Å². The summed E-state index contributed by atoms with van der Waals surface area (Å²) in [5.41, 5.74) is 6.50. The van der Waals surface area contributed by atoms with Crippen molar-refractivity contribution in [1.82, 2.24) is 9.13 Å². The summed E-state index contributed by atoms with van der Waals surface area (Å²) in [5, 5.41) is 0. The molecule has 0 spiro atoms. The van der Waals surface area contributed by atoms with Gasteiger partial charge in [0.1, 0.15) is 0 Å². The monoisotopic (exact) mass is 245 g/mol. The summed E-state index contributed by atoms with van der Waals surface area (Å²) in [6, 6.07) is 6.99. The predicted octanol–water partition coefficient (Wildman–Crippen LogP) is 0.817. The van der Waals surface area contributed by atoms with E-state index in [1.165, 1.54) is 0 Å². The Labute approximate surface area is 104 Å². The Morgan fingerprint density at radius 3 is 2.61 bits per heavy atom. The molecule has 2 N–H and O–H groups in total. The van der Waals surface area contributed by atoms with E-state index in [-0.39, 0.29) is 5.69 Å². The van der Waals surface area contributed by atoms with E-state index in [9.17, 15) is 9.59 Å². The van der Waals surface area contributed by atoms with E-state index in [2.05, 4.69) is 0 Å². The molecule has 5 heteroatoms. The van der Waals surface area contributed by atoms with E-state index in [0.29, 0.717) is 18.7 Å². The summed E-state index contributed by atoms with van der Waals surface area (Å²) >= 11 is 0. The summed E-state index contributed by atoms with van der Waals surface area (Å²) in [6.45, 7) is 3.00. The zero-order valence-electron chi connectivity index (χ0n) is 10.2. The SMILES string of the molecule is CCn1ccn(Cc2cccc(C(N)=O)c2)c1=O. The van der Waals surface area contributed by atoms with E-state index < -0.39 is 5.91 Å². The van der Waals surface area contributed by atoms with Gasteiger partial charge in [0.05, 0.1) is 6.54 Å². The fourth-order valence-corrected chi connectivity index (χ4v) is 1.83. The van der Waals surface area contributed by atoms with Gasteiger partial charge in [0.15, 0.2) is 0 Å². The summed E-state index contributed by atoms with van der Waals surface area (Å²) < 4.78 is 3.22. The lowest BCUT2D eigenvalue weighted by atomic mass is 10.1. The van der Waals surface area contributed by atoms with Crippen molar-refractivity contribution in [2.45, 2.75) is 20.0 Å². The molecular weight excluding hydrogens is 230 g/mol. The van der Waals surface area contributed by atoms with Crippen LogP contribution in [0.5, 0.6) is 0 Å². The molecule has 0 radical (unpaired) electrons. The smallest absolute Gasteiger partial charge is 0.328 e. The normalized spacial score (nSPS) is 10.5. The summed E-state index contributed by atoms with van der Waals surface area (Å²) in [5.74, 6) is -0.463. The second-order valence-electron chi connectivity index (χ2n) is 4.06. The highest BCUT2D eigenvalue weighted by Gasteiger charge is 2.05. The van der Waals surface area contributed by atoms with Crippen LogP contribution in [0.4, 0.5) is 0 Å². The maximum atomic E-state index is 11.9. The number of amides is 1. The zero-order valence-corrected chi connectivity index (χ0v) is 10.2. The molecule has 0 aliphatic rings. The highest BCUT2D eigenvalue weighted by Crippen LogP contribution is 2.06. The van der Waals surface area contributed by atoms with Crippen LogP contribution in [-0.2, 0) is 13.1 Å². The lowest BCUT2D eigenvalue weighted by Gasteiger charge is -2.03. The third kappa shape index (κ3) is 2.34. The summed E-state index contributed by atoms with van der Waals surface area (Å²) in [7, 11) is 0. The van der Waals surface area contributed by atoms with Crippen molar-refractivity contribution in [1.29, 1.82) is 0 Å². The van der Waals surface area contributed by atoms with Gasteiger partial charge in [-0.3, -0.25) is 13.9 Å². The first-order valence-electron chi connectivity index (χ1n) is 5.76. The van der Waals surface area contributed by atoms with Gasteiger partial charge in [-0.05, 0) is 24.6 Å². The second kappa shape index (κ2) is 4.91. The highest BCUT2D eigenvalue weighted by atomic mass is 16.2. The van der Waals surface area contributed by atoms with Crippen LogP contribution in [0, 0.1) is 0 Å². The number of aryl methyl sites for hydroxylation is 1. The van der Waals surface area contributed by atoms with E-state index in [0.717, 1.165) is 5.56 Å². The largest absolute Gasteiger partial charge is 0.366 e. The molecule has 0 aliphatic carbocycles. The fraction of sp³-hybridized carbons (Fsp3) is 0.231. The van der Waals surface area contributed by atoms with Crippen molar-refractivity contribution in [2.75, 3.05) is 0 Å². The van der Waals surface area contributed by atoms with Crippen LogP contribution in [-0.4, -0.2) is 15.0 Å². The van der Waals surface area contributed by atoms with Gasteiger partial charge in [-0.1, -0.05) is 12.1 Å². The molecule has 0 unspecified atom stereocenters. The molecule has 5 nitrogen and oxygen atoms in total. The van der Waals surface area contributed by atoms with Gasteiger partial charge in [0, 0.05) is 24.5 Å². The molecule has 0 saturated heterocycles. The minimum absolute atomic E-state index is 0.0537. The molecule has 94 valence electrons. The van der Waals surface area contributed by atoms with Crippen LogP contribution in [0.15, 0.2) is 41.5 Å². The van der Waals surface area contributed by atoms with E-state index >= 15 is 0 Å². The van der Waals surface area contributed by atoms with Crippen LogP contribution in [0.25, 0.3) is 0 Å². The molecule has 1 heterocycles. The number of hydrogen-bond donors (Lipinski definition) is 1. The van der Waals surface area contributed by atoms with E-state index in [1.54, 1.807) is 39.7 Å². The van der Waals surface area contributed by atoms with Gasteiger partial charge in [-0.25, -0.2) is 4.79 Å². The maximum Gasteiger partial charge on any atom is 0.328 e. The van der Waals surface area contributed by atoms with Crippen molar-refractivity contribution in [3.8, 4) is 0 Å². The number of nitrogens with zero attached hydrogens (tertiary/aromatic N) is 2. The van der Waals surface area contributed by atoms with Gasteiger partial charge in [-0.2, -0.15) is 0 Å². The van der Waals surface area contributed by atoms with Crippen molar-refractivity contribution in [2.24, 2.45) is 5.73 Å². The molecular formula is C13H15N3O2. The van der Waals surface area contributed by atoms with E-state index in [4.69, 9.17) is 5.73 Å². The van der Waals surface area contributed by atoms with Crippen LogP contribution in [0.3, 0.4) is 0 Å². The first-order chi connectivity index (χ1) is 8.61. The van der Waals surface area contributed by atoms with Gasteiger partial charge < -0.3 is 5.73 Å². The van der Waals surface area contributed by atoms with Gasteiger partial charge in [-0.15, -0.1) is 0 Å². The number of hydrogen-bond acceptors (Lipinski definition) is 2. The lowest BCUT2D eigenvalue weighted by Crippen LogP contribution is -2.24. The van der Waals surface area contributed by atoms with E-state index in [1.807, 2.05) is 13.0 Å². The third-order valence-electron chi connectivity index (χ3n) is 2.82. The molecule has 1 aromatic heterocycles. The number of primary amides is 1. The molecule has 0 fully saturated rings. The first kappa shape index (κ1) is 12.2. The highest BCUT2D eigenvalue weighted by molar-refractivity contribution is 5.92. The average Bonchev–Trinajstić information content (AvgIpc) is 2.71. The number of imidazole rings is 1. The Kier molecular flexibility index (Phi) is 3.32. The first-order valence-corrected chi connectivity index (χ1v) is 5.76. The van der Waals surface area contributed by atoms with Crippen LogP contribution in [0.2, 0.25) is 0 Å². The maximum absolute atomic E-state index is 11.9. The molecule has 1 amide bonds. The quantitative estimate of drug-likeness (QED) is 0.866. The molecule has 1 aromatic carbocycles. The minimum atomic E-state index is -0.463. The Balaban J connectivity index is 2.28. The minimum Gasteiger partial charge on any atom is -0.366 e. The number of carbonyl (C=O) groups is 1. The van der Waals surface area contributed by atoms with Crippen LogP contribution < -0.4 is 11.4 Å². The van der Waals surface area contributed by atoms with Crippen molar-refractivity contribution in [3.63, 3.8) is 0 Å². The van der Waals surface area contributed by atoms with Gasteiger partial charge >= 0.3 is 5.69 Å². The average molecular weight is 245 g/mol. The standard InChI is InChI=1S/C13H15N3O2/c1-2-15-6-7-16(13(15)18)9-10-4-3-5-11(8-10)12(14)17/h3-8H,2,9H2,1H3,(H2,14,17). The molecule has 0 atom stereocenters. The molecule has 18 heavy (non-hydrogen) atoms. The van der Waals surface area contributed by atoms with Gasteiger partial charge in [0.2, 0.25) is 5.91 Å². The summed E-state index contributed by atoms with van der Waals surface area (Å²) in [4.78, 5) is 22.9. The third-order valence-corrected chi connectivity index (χ3v) is 2.82. The lowest BCUT2D eigenvalue weighted by molar-refractivity contribution is 0.1000. The Hall–Kier alpha value is -2.30. The fourth-order valence-electron chi connectivity index (χ4n) is 1.83. The molecule has 2 aromatic rings. The van der Waals surface area contributed by atoms with Crippen LogP contribution in [0.1, 0.15) is 22.8 Å². The van der Waals surface area contributed by atoms with Gasteiger partial charge in [0.25, 0.3) is 0 Å². The zero-order chi connectivity index (χ0) is 13.1.